The van der Waals surface area contributed by atoms with Crippen molar-refractivity contribution in [2.24, 2.45) is 0 Å². The molecule has 0 saturated carbocycles. The molecule has 2 N–H and O–H groups in total. The number of carbonyl (C=O) groups is 1. The lowest BCUT2D eigenvalue weighted by atomic mass is 10.2. The normalized spacial score (nSPS) is 10.1. The zero-order valence-electron chi connectivity index (χ0n) is 14.1. The number of methoxy groups -OCH3 is 1. The van der Waals surface area contributed by atoms with Crippen molar-refractivity contribution in [2.75, 3.05) is 26.7 Å². The highest BCUT2D eigenvalue weighted by Gasteiger charge is 2.08. The third-order valence-corrected chi connectivity index (χ3v) is 3.41. The number of aromatic nitrogens is 2. The van der Waals surface area contributed by atoms with E-state index in [1.54, 1.807) is 24.2 Å². The monoisotopic (exact) mass is 352 g/mol. The number of hydrogen-bond donors (Lipinski definition) is 2. The van der Waals surface area contributed by atoms with Gasteiger partial charge in [-0.15, -0.1) is 12.4 Å². The number of nitrogens with zero attached hydrogens (tertiary/aromatic N) is 2. The van der Waals surface area contributed by atoms with E-state index in [9.17, 15) is 4.79 Å². The predicted octanol–water partition coefficient (Wildman–Crippen LogP) is 2.09. The standard InChI is InChI=1S/C17H24N4O2.ClH/c1-3-8-18-9-10-19-17(22)15-11-20-21(13-15)12-14-4-6-16(23-2)7-5-14;/h4-7,11,13,18H,3,8-10,12H2,1-2H3,(H,19,22);1H. The molecule has 2 aromatic rings. The summed E-state index contributed by atoms with van der Waals surface area (Å²) in [6.07, 6.45) is 4.45. The molecule has 24 heavy (non-hydrogen) atoms. The molecule has 2 rings (SSSR count). The van der Waals surface area contributed by atoms with Crippen LogP contribution in [0.1, 0.15) is 29.3 Å². The summed E-state index contributed by atoms with van der Waals surface area (Å²) in [5.41, 5.74) is 1.68. The van der Waals surface area contributed by atoms with Crippen molar-refractivity contribution in [3.8, 4) is 5.75 Å². The first-order valence-corrected chi connectivity index (χ1v) is 7.87. The number of nitrogens with one attached hydrogen (secondary N) is 2. The van der Waals surface area contributed by atoms with Gasteiger partial charge in [-0.2, -0.15) is 5.10 Å². The van der Waals surface area contributed by atoms with Crippen molar-refractivity contribution in [1.82, 2.24) is 20.4 Å². The number of halogens is 1. The van der Waals surface area contributed by atoms with Gasteiger partial charge in [0.25, 0.3) is 5.91 Å². The lowest BCUT2D eigenvalue weighted by Gasteiger charge is -2.05. The molecule has 1 aromatic carbocycles. The van der Waals surface area contributed by atoms with Crippen LogP contribution in [0, 0.1) is 0 Å². The minimum Gasteiger partial charge on any atom is -0.497 e. The molecule has 0 unspecified atom stereocenters. The van der Waals surface area contributed by atoms with Crippen LogP contribution in [0.5, 0.6) is 5.75 Å². The van der Waals surface area contributed by atoms with Crippen LogP contribution in [0.3, 0.4) is 0 Å². The minimum atomic E-state index is -0.0933. The molecule has 0 fully saturated rings. The summed E-state index contributed by atoms with van der Waals surface area (Å²) in [5, 5.41) is 10.4. The second kappa shape index (κ2) is 10.7. The van der Waals surface area contributed by atoms with Crippen LogP contribution < -0.4 is 15.4 Å². The Bertz CT molecular complexity index is 613. The maximum atomic E-state index is 12.0. The number of benzene rings is 1. The first-order valence-electron chi connectivity index (χ1n) is 7.87. The predicted molar refractivity (Wildman–Crippen MR) is 97.1 cm³/mol. The molecule has 0 bridgehead atoms. The van der Waals surface area contributed by atoms with Crippen molar-refractivity contribution in [3.63, 3.8) is 0 Å². The van der Waals surface area contributed by atoms with E-state index in [0.29, 0.717) is 18.7 Å². The minimum absolute atomic E-state index is 0. The van der Waals surface area contributed by atoms with Crippen molar-refractivity contribution >= 4 is 18.3 Å². The topological polar surface area (TPSA) is 68.2 Å². The summed E-state index contributed by atoms with van der Waals surface area (Å²) in [5.74, 6) is 0.732. The largest absolute Gasteiger partial charge is 0.497 e. The van der Waals surface area contributed by atoms with E-state index in [0.717, 1.165) is 30.8 Å². The lowest BCUT2D eigenvalue weighted by Crippen LogP contribution is -2.31. The quantitative estimate of drug-likeness (QED) is 0.678. The smallest absolute Gasteiger partial charge is 0.254 e. The first-order chi connectivity index (χ1) is 11.2. The molecule has 0 saturated heterocycles. The second-order valence-electron chi connectivity index (χ2n) is 5.28. The van der Waals surface area contributed by atoms with E-state index in [2.05, 4.69) is 22.7 Å². The van der Waals surface area contributed by atoms with Gasteiger partial charge in [0.15, 0.2) is 0 Å². The Morgan fingerprint density at radius 3 is 2.62 bits per heavy atom. The Morgan fingerprint density at radius 1 is 1.21 bits per heavy atom. The molecule has 1 amide bonds. The third-order valence-electron chi connectivity index (χ3n) is 3.41. The van der Waals surface area contributed by atoms with Crippen LogP contribution >= 0.6 is 12.4 Å². The van der Waals surface area contributed by atoms with Crippen LogP contribution in [0.2, 0.25) is 0 Å². The van der Waals surface area contributed by atoms with Gasteiger partial charge in [0.2, 0.25) is 0 Å². The molecule has 132 valence electrons. The maximum absolute atomic E-state index is 12.0. The summed E-state index contributed by atoms with van der Waals surface area (Å²) in [6, 6.07) is 7.80. The zero-order valence-corrected chi connectivity index (χ0v) is 14.9. The van der Waals surface area contributed by atoms with E-state index >= 15 is 0 Å². The molecule has 0 aliphatic heterocycles. The van der Waals surface area contributed by atoms with Gasteiger partial charge in [-0.3, -0.25) is 9.48 Å². The highest BCUT2D eigenvalue weighted by Crippen LogP contribution is 2.12. The average molecular weight is 353 g/mol. The fourth-order valence-electron chi connectivity index (χ4n) is 2.15. The highest BCUT2D eigenvalue weighted by molar-refractivity contribution is 5.93. The number of amides is 1. The number of carbonyl (C=O) groups excluding carboxylic acids is 1. The van der Waals surface area contributed by atoms with E-state index < -0.39 is 0 Å². The molecule has 1 aromatic heterocycles. The van der Waals surface area contributed by atoms with Gasteiger partial charge in [-0.1, -0.05) is 19.1 Å². The van der Waals surface area contributed by atoms with Gasteiger partial charge in [-0.25, -0.2) is 0 Å². The van der Waals surface area contributed by atoms with Gasteiger partial charge in [-0.05, 0) is 30.7 Å². The van der Waals surface area contributed by atoms with Crippen molar-refractivity contribution < 1.29 is 9.53 Å². The fourth-order valence-corrected chi connectivity index (χ4v) is 2.15. The van der Waals surface area contributed by atoms with Crippen LogP contribution in [0.4, 0.5) is 0 Å². The Labute approximate surface area is 149 Å². The summed E-state index contributed by atoms with van der Waals surface area (Å²) in [6.45, 7) is 5.09. The molecule has 7 heteroatoms. The zero-order chi connectivity index (χ0) is 16.5. The van der Waals surface area contributed by atoms with Crippen LogP contribution in [-0.2, 0) is 6.54 Å². The molecule has 0 aliphatic carbocycles. The first kappa shape index (κ1) is 20.0. The number of hydrogen-bond acceptors (Lipinski definition) is 4. The number of ether oxygens (including phenoxy) is 1. The highest BCUT2D eigenvalue weighted by atomic mass is 35.5. The van der Waals surface area contributed by atoms with E-state index in [1.165, 1.54) is 0 Å². The maximum Gasteiger partial charge on any atom is 0.254 e. The SMILES string of the molecule is CCCNCCNC(=O)c1cnn(Cc2ccc(OC)cc2)c1.Cl. The average Bonchev–Trinajstić information content (AvgIpc) is 3.04. The molecular formula is C17H25ClN4O2. The second-order valence-corrected chi connectivity index (χ2v) is 5.28. The van der Waals surface area contributed by atoms with Crippen LogP contribution in [0.15, 0.2) is 36.7 Å². The van der Waals surface area contributed by atoms with Gasteiger partial charge >= 0.3 is 0 Å². The molecule has 0 aliphatic rings. The van der Waals surface area contributed by atoms with Crippen molar-refractivity contribution in [2.45, 2.75) is 19.9 Å². The summed E-state index contributed by atoms with van der Waals surface area (Å²) >= 11 is 0. The van der Waals surface area contributed by atoms with Gasteiger partial charge < -0.3 is 15.4 Å². The van der Waals surface area contributed by atoms with Gasteiger partial charge in [0.05, 0.1) is 25.4 Å². The van der Waals surface area contributed by atoms with Crippen LogP contribution in [0.25, 0.3) is 0 Å². The Morgan fingerprint density at radius 2 is 1.96 bits per heavy atom. The fraction of sp³-hybridized carbons (Fsp3) is 0.412. The van der Waals surface area contributed by atoms with Gasteiger partial charge in [0.1, 0.15) is 5.75 Å². The molecule has 0 radical (unpaired) electrons. The molecule has 0 spiro atoms. The lowest BCUT2D eigenvalue weighted by molar-refractivity contribution is 0.0954. The van der Waals surface area contributed by atoms with Crippen molar-refractivity contribution in [1.29, 1.82) is 0 Å². The summed E-state index contributed by atoms with van der Waals surface area (Å²) in [7, 11) is 1.64. The molecule has 0 atom stereocenters. The Hall–Kier alpha value is -2.05. The molecule has 1 heterocycles. The molecule has 6 nitrogen and oxygen atoms in total. The van der Waals surface area contributed by atoms with Gasteiger partial charge in [0, 0.05) is 19.3 Å². The molecular weight excluding hydrogens is 328 g/mol. The summed E-state index contributed by atoms with van der Waals surface area (Å²) in [4.78, 5) is 12.0. The van der Waals surface area contributed by atoms with E-state index in [1.807, 2.05) is 24.3 Å². The van der Waals surface area contributed by atoms with E-state index in [4.69, 9.17) is 4.74 Å². The van der Waals surface area contributed by atoms with Crippen molar-refractivity contribution in [3.05, 3.63) is 47.8 Å². The number of rotatable bonds is 9. The summed E-state index contributed by atoms with van der Waals surface area (Å²) < 4.78 is 6.89. The Balaban J connectivity index is 0.00000288. The Kier molecular flexibility index (Phi) is 8.89. The van der Waals surface area contributed by atoms with Crippen LogP contribution in [-0.4, -0.2) is 42.4 Å². The third kappa shape index (κ3) is 6.22. The van der Waals surface area contributed by atoms with E-state index in [-0.39, 0.29) is 18.3 Å².